The predicted molar refractivity (Wildman–Crippen MR) is 125 cm³/mol. The molecule has 2 aromatic carbocycles. The van der Waals surface area contributed by atoms with E-state index >= 15 is 0 Å². The Hall–Kier alpha value is -2.90. The van der Waals surface area contributed by atoms with Gasteiger partial charge in [0.15, 0.2) is 11.5 Å². The number of hydrogen-bond donors (Lipinski definition) is 1. The number of ether oxygens (including phenoxy) is 1. The van der Waals surface area contributed by atoms with Crippen molar-refractivity contribution in [2.24, 2.45) is 0 Å². The van der Waals surface area contributed by atoms with Crippen LogP contribution in [0.2, 0.25) is 0 Å². The highest BCUT2D eigenvalue weighted by molar-refractivity contribution is 6.28. The second kappa shape index (κ2) is 8.22. The third-order valence-corrected chi connectivity index (χ3v) is 6.92. The van der Waals surface area contributed by atoms with Gasteiger partial charge in [-0.25, -0.2) is 0 Å². The number of rotatable bonds is 5. The van der Waals surface area contributed by atoms with Crippen LogP contribution in [0, 0.1) is 0 Å². The van der Waals surface area contributed by atoms with Gasteiger partial charge in [0, 0.05) is 56.1 Å². The molecule has 3 aliphatic rings. The van der Waals surface area contributed by atoms with Gasteiger partial charge in [-0.15, -0.1) is 0 Å². The maximum absolute atomic E-state index is 13.6. The van der Waals surface area contributed by atoms with Crippen LogP contribution in [0.5, 0.6) is 0 Å². The average Bonchev–Trinajstić information content (AvgIpc) is 3.29. The normalized spacial score (nSPS) is 18.8. The Bertz CT molecular complexity index is 1160. The van der Waals surface area contributed by atoms with Crippen molar-refractivity contribution < 1.29 is 14.1 Å². The number of nitrogens with one attached hydrogen (secondary N) is 1. The highest BCUT2D eigenvalue weighted by Gasteiger charge is 2.33. The lowest BCUT2D eigenvalue weighted by Gasteiger charge is -2.30. The molecule has 0 atom stereocenters. The Morgan fingerprint density at radius 1 is 1.00 bits per heavy atom. The summed E-state index contributed by atoms with van der Waals surface area (Å²) in [6.45, 7) is 7.19. The van der Waals surface area contributed by atoms with Crippen molar-refractivity contribution in [3.63, 3.8) is 0 Å². The maximum Gasteiger partial charge on any atom is 0.196 e. The zero-order valence-corrected chi connectivity index (χ0v) is 18.2. The molecule has 0 spiro atoms. The number of piperidine rings is 1. The summed E-state index contributed by atoms with van der Waals surface area (Å²) in [5, 5.41) is 8.92. The molecule has 2 saturated heterocycles. The lowest BCUT2D eigenvalue weighted by Crippen LogP contribution is -2.39. The molecular formula is C25H28N4O3. The van der Waals surface area contributed by atoms with Crippen LogP contribution in [0.3, 0.4) is 0 Å². The van der Waals surface area contributed by atoms with Gasteiger partial charge in [-0.1, -0.05) is 29.4 Å². The lowest BCUT2D eigenvalue weighted by molar-refractivity contribution is 0.0398. The van der Waals surface area contributed by atoms with Crippen LogP contribution in [0.25, 0.3) is 22.2 Å². The molecule has 32 heavy (non-hydrogen) atoms. The summed E-state index contributed by atoms with van der Waals surface area (Å²) in [6.07, 6.45) is 3.61. The first kappa shape index (κ1) is 19.8. The zero-order valence-electron chi connectivity index (χ0n) is 18.2. The van der Waals surface area contributed by atoms with E-state index < -0.39 is 0 Å². The monoisotopic (exact) mass is 432 g/mol. The number of nitrogens with zero attached hydrogens (tertiary/aromatic N) is 3. The van der Waals surface area contributed by atoms with Gasteiger partial charge in [-0.05, 0) is 25.3 Å². The Morgan fingerprint density at radius 2 is 1.78 bits per heavy atom. The number of benzene rings is 2. The summed E-state index contributed by atoms with van der Waals surface area (Å²) in [7, 11) is 0. The standard InChI is InChI=1S/C25H28N4O3/c30-24-17-6-2-3-7-18(17)25-22-21(24)19(26-8-11-28-12-14-31-15-13-28)16-20(23(22)27-32-25)29-9-4-1-5-10-29/h2-3,6-7,16,26H,1,4-5,8-15H2. The lowest BCUT2D eigenvalue weighted by atomic mass is 9.86. The van der Waals surface area contributed by atoms with Crippen LogP contribution >= 0.6 is 0 Å². The topological polar surface area (TPSA) is 70.8 Å². The van der Waals surface area contributed by atoms with Crippen LogP contribution in [-0.2, 0) is 4.74 Å². The quantitative estimate of drug-likeness (QED) is 0.515. The Kier molecular flexibility index (Phi) is 5.08. The summed E-state index contributed by atoms with van der Waals surface area (Å²) < 4.78 is 11.3. The van der Waals surface area contributed by atoms with Crippen LogP contribution < -0.4 is 10.2 Å². The minimum atomic E-state index is 0.0420. The number of ketones is 1. The summed E-state index contributed by atoms with van der Waals surface area (Å²) in [5.74, 6) is 0.751. The third-order valence-electron chi connectivity index (χ3n) is 6.92. The van der Waals surface area contributed by atoms with Gasteiger partial charge in [-0.3, -0.25) is 9.69 Å². The molecule has 7 nitrogen and oxygen atoms in total. The molecule has 7 heteroatoms. The largest absolute Gasteiger partial charge is 0.383 e. The Labute approximate surface area is 187 Å². The number of morpholine rings is 1. The van der Waals surface area contributed by atoms with Gasteiger partial charge in [0.25, 0.3) is 0 Å². The molecule has 3 aromatic rings. The van der Waals surface area contributed by atoms with Crippen molar-refractivity contribution in [2.75, 3.05) is 62.7 Å². The molecule has 3 heterocycles. The van der Waals surface area contributed by atoms with Crippen molar-refractivity contribution in [1.82, 2.24) is 10.1 Å². The first-order valence-corrected chi connectivity index (χ1v) is 11.7. The van der Waals surface area contributed by atoms with E-state index in [1.165, 1.54) is 19.3 Å². The SMILES string of the molecule is O=C1c2ccccc2-c2onc3c(N4CCCCC4)cc(NCCN4CCOCC4)c1c23. The number of hydrogen-bond acceptors (Lipinski definition) is 7. The maximum atomic E-state index is 13.6. The molecule has 0 saturated carbocycles. The zero-order chi connectivity index (χ0) is 21.5. The first-order valence-electron chi connectivity index (χ1n) is 11.7. The van der Waals surface area contributed by atoms with Crippen molar-refractivity contribution in [1.29, 1.82) is 0 Å². The number of carbonyl (C=O) groups excluding carboxylic acids is 1. The van der Waals surface area contributed by atoms with Gasteiger partial charge < -0.3 is 19.5 Å². The van der Waals surface area contributed by atoms with E-state index in [9.17, 15) is 4.79 Å². The van der Waals surface area contributed by atoms with Crippen LogP contribution in [0.4, 0.5) is 11.4 Å². The molecule has 1 aromatic heterocycles. The van der Waals surface area contributed by atoms with Crippen molar-refractivity contribution in [3.8, 4) is 11.3 Å². The van der Waals surface area contributed by atoms with E-state index in [2.05, 4.69) is 26.3 Å². The van der Waals surface area contributed by atoms with Gasteiger partial charge in [-0.2, -0.15) is 0 Å². The number of anilines is 2. The molecule has 2 aliphatic heterocycles. The van der Waals surface area contributed by atoms with Gasteiger partial charge >= 0.3 is 0 Å². The molecule has 0 radical (unpaired) electrons. The van der Waals surface area contributed by atoms with Crippen LogP contribution in [0.1, 0.15) is 35.2 Å². The second-order valence-electron chi connectivity index (χ2n) is 8.86. The van der Waals surface area contributed by atoms with E-state index in [1.54, 1.807) is 0 Å². The molecule has 0 bridgehead atoms. The van der Waals surface area contributed by atoms with Crippen molar-refractivity contribution >= 4 is 28.1 Å². The number of aromatic nitrogens is 1. The number of fused-ring (bicyclic) bond motifs is 2. The van der Waals surface area contributed by atoms with Crippen LogP contribution in [0.15, 0.2) is 34.9 Å². The molecule has 166 valence electrons. The predicted octanol–water partition coefficient (Wildman–Crippen LogP) is 3.77. The van der Waals surface area contributed by atoms with E-state index in [4.69, 9.17) is 9.26 Å². The van der Waals surface area contributed by atoms with Gasteiger partial charge in [0.05, 0.1) is 29.9 Å². The summed E-state index contributed by atoms with van der Waals surface area (Å²) in [6, 6.07) is 9.81. The van der Waals surface area contributed by atoms with Gasteiger partial charge in [0.2, 0.25) is 0 Å². The summed E-state index contributed by atoms with van der Waals surface area (Å²) in [5.41, 5.74) is 4.97. The highest BCUT2D eigenvalue weighted by Crippen LogP contribution is 2.46. The minimum absolute atomic E-state index is 0.0420. The number of carbonyl (C=O) groups is 1. The van der Waals surface area contributed by atoms with E-state index in [0.29, 0.717) is 16.9 Å². The fourth-order valence-electron chi connectivity index (χ4n) is 5.23. The van der Waals surface area contributed by atoms with Crippen molar-refractivity contribution in [3.05, 3.63) is 41.5 Å². The second-order valence-corrected chi connectivity index (χ2v) is 8.86. The summed E-state index contributed by atoms with van der Waals surface area (Å²) in [4.78, 5) is 18.4. The highest BCUT2D eigenvalue weighted by atomic mass is 16.5. The third kappa shape index (κ3) is 3.27. The fraction of sp³-hybridized carbons (Fsp3) is 0.440. The minimum Gasteiger partial charge on any atom is -0.383 e. The fourth-order valence-corrected chi connectivity index (χ4v) is 5.23. The molecule has 6 rings (SSSR count). The first-order chi connectivity index (χ1) is 15.8. The van der Waals surface area contributed by atoms with E-state index in [0.717, 1.165) is 80.3 Å². The molecule has 1 aliphatic carbocycles. The van der Waals surface area contributed by atoms with E-state index in [1.807, 2.05) is 24.3 Å². The van der Waals surface area contributed by atoms with E-state index in [-0.39, 0.29) is 5.78 Å². The molecule has 1 N–H and O–H groups in total. The molecule has 0 amide bonds. The Morgan fingerprint density at radius 3 is 2.59 bits per heavy atom. The molecule has 0 unspecified atom stereocenters. The van der Waals surface area contributed by atoms with Crippen LogP contribution in [-0.4, -0.2) is 68.3 Å². The smallest absolute Gasteiger partial charge is 0.196 e. The average molecular weight is 433 g/mol. The summed E-state index contributed by atoms with van der Waals surface area (Å²) >= 11 is 0. The van der Waals surface area contributed by atoms with Gasteiger partial charge in [0.1, 0.15) is 5.52 Å². The van der Waals surface area contributed by atoms with Crippen molar-refractivity contribution in [2.45, 2.75) is 19.3 Å². The molecule has 2 fully saturated rings. The molecular weight excluding hydrogens is 404 g/mol. The Balaban J connectivity index is 1.43.